The van der Waals surface area contributed by atoms with E-state index in [2.05, 4.69) is 10.5 Å². The Labute approximate surface area is 87.4 Å². The number of nitrogens with zero attached hydrogens (tertiary/aromatic N) is 1. The summed E-state index contributed by atoms with van der Waals surface area (Å²) in [5.74, 6) is 0.112. The second-order valence-corrected chi connectivity index (χ2v) is 2.69. The fraction of sp³-hybridized carbons (Fsp3) is 0.200. The molecule has 1 rings (SSSR count). The molecule has 0 spiro atoms. The maximum Gasteiger partial charge on any atom is 0.265 e. The summed E-state index contributed by atoms with van der Waals surface area (Å²) in [6.45, 7) is -0.580. The first kappa shape index (κ1) is 11.2. The quantitative estimate of drug-likeness (QED) is 0.546. The van der Waals surface area contributed by atoms with Gasteiger partial charge in [-0.2, -0.15) is 5.10 Å². The van der Waals surface area contributed by atoms with E-state index >= 15 is 0 Å². The normalized spacial score (nSPS) is 10.3. The number of benzene rings is 1. The van der Waals surface area contributed by atoms with Crippen LogP contribution in [0.15, 0.2) is 29.4 Å². The van der Waals surface area contributed by atoms with Crippen molar-refractivity contribution in [2.45, 2.75) is 0 Å². The number of amides is 1. The van der Waals surface area contributed by atoms with Gasteiger partial charge in [0.2, 0.25) is 0 Å². The van der Waals surface area contributed by atoms with Gasteiger partial charge in [0, 0.05) is 5.56 Å². The van der Waals surface area contributed by atoms with E-state index in [1.54, 1.807) is 19.2 Å². The van der Waals surface area contributed by atoms with E-state index in [1.807, 2.05) is 12.1 Å². The van der Waals surface area contributed by atoms with Gasteiger partial charge in [0.15, 0.2) is 0 Å². The molecule has 0 unspecified atom stereocenters. The van der Waals surface area contributed by atoms with Crippen molar-refractivity contribution in [2.75, 3.05) is 13.7 Å². The van der Waals surface area contributed by atoms with E-state index < -0.39 is 12.5 Å². The van der Waals surface area contributed by atoms with Crippen LogP contribution in [0.4, 0.5) is 0 Å². The van der Waals surface area contributed by atoms with E-state index in [0.29, 0.717) is 5.75 Å². The van der Waals surface area contributed by atoms with Crippen LogP contribution in [0.1, 0.15) is 5.56 Å². The SMILES string of the molecule is COc1ccccc1C=NNC(=O)CO. The Morgan fingerprint density at radius 2 is 2.33 bits per heavy atom. The monoisotopic (exact) mass is 208 g/mol. The minimum Gasteiger partial charge on any atom is -0.496 e. The summed E-state index contributed by atoms with van der Waals surface area (Å²) in [5.41, 5.74) is 2.91. The molecular weight excluding hydrogens is 196 g/mol. The van der Waals surface area contributed by atoms with Gasteiger partial charge in [0.05, 0.1) is 13.3 Å². The molecule has 0 aliphatic heterocycles. The maximum atomic E-state index is 10.7. The van der Waals surface area contributed by atoms with Gasteiger partial charge in [-0.3, -0.25) is 4.79 Å². The molecule has 0 aliphatic carbocycles. The van der Waals surface area contributed by atoms with Crippen LogP contribution in [-0.2, 0) is 4.79 Å². The number of hydrogen-bond donors (Lipinski definition) is 2. The second-order valence-electron chi connectivity index (χ2n) is 2.69. The van der Waals surface area contributed by atoms with Crippen molar-refractivity contribution in [2.24, 2.45) is 5.10 Å². The van der Waals surface area contributed by atoms with Crippen LogP contribution < -0.4 is 10.2 Å². The van der Waals surface area contributed by atoms with Crippen LogP contribution in [0.2, 0.25) is 0 Å². The van der Waals surface area contributed by atoms with Crippen molar-refractivity contribution in [1.29, 1.82) is 0 Å². The zero-order valence-electron chi connectivity index (χ0n) is 8.30. The summed E-state index contributed by atoms with van der Waals surface area (Å²) < 4.78 is 5.08. The van der Waals surface area contributed by atoms with Gasteiger partial charge < -0.3 is 9.84 Å². The van der Waals surface area contributed by atoms with E-state index in [9.17, 15) is 4.79 Å². The molecule has 0 saturated carbocycles. The highest BCUT2D eigenvalue weighted by molar-refractivity contribution is 5.85. The predicted molar refractivity (Wildman–Crippen MR) is 55.8 cm³/mol. The van der Waals surface area contributed by atoms with Gasteiger partial charge in [-0.05, 0) is 12.1 Å². The minimum atomic E-state index is -0.580. The number of para-hydroxylation sites is 1. The molecule has 0 bridgehead atoms. The topological polar surface area (TPSA) is 70.9 Å². The van der Waals surface area contributed by atoms with Crippen LogP contribution in [0.3, 0.4) is 0 Å². The molecule has 80 valence electrons. The van der Waals surface area contributed by atoms with Gasteiger partial charge in [0.25, 0.3) is 5.91 Å². The molecule has 0 aliphatic rings. The van der Waals surface area contributed by atoms with Crippen LogP contribution in [0.25, 0.3) is 0 Å². The molecule has 0 fully saturated rings. The Morgan fingerprint density at radius 1 is 1.60 bits per heavy atom. The number of carbonyl (C=O) groups excluding carboxylic acids is 1. The second kappa shape index (κ2) is 5.77. The Kier molecular flexibility index (Phi) is 4.30. The number of aliphatic hydroxyl groups is 1. The van der Waals surface area contributed by atoms with Crippen molar-refractivity contribution < 1.29 is 14.6 Å². The summed E-state index contributed by atoms with van der Waals surface area (Å²) in [6, 6.07) is 7.25. The third-order valence-electron chi connectivity index (χ3n) is 1.68. The van der Waals surface area contributed by atoms with Crippen LogP contribution in [0.5, 0.6) is 5.75 Å². The average Bonchev–Trinajstić information content (AvgIpc) is 2.29. The number of carbonyl (C=O) groups is 1. The Hall–Kier alpha value is -1.88. The fourth-order valence-corrected chi connectivity index (χ4v) is 0.982. The summed E-state index contributed by atoms with van der Waals surface area (Å²) in [5, 5.41) is 12.1. The molecule has 0 atom stereocenters. The van der Waals surface area contributed by atoms with Crippen molar-refractivity contribution >= 4 is 12.1 Å². The number of aliphatic hydroxyl groups excluding tert-OH is 1. The largest absolute Gasteiger partial charge is 0.496 e. The number of hydrazone groups is 1. The van der Waals surface area contributed by atoms with Crippen molar-refractivity contribution in [3.05, 3.63) is 29.8 Å². The van der Waals surface area contributed by atoms with Crippen molar-refractivity contribution in [1.82, 2.24) is 5.43 Å². The lowest BCUT2D eigenvalue weighted by atomic mass is 10.2. The Bertz CT molecular complexity index is 363. The van der Waals surface area contributed by atoms with Crippen LogP contribution >= 0.6 is 0 Å². The number of rotatable bonds is 4. The third-order valence-corrected chi connectivity index (χ3v) is 1.68. The number of hydrogen-bond acceptors (Lipinski definition) is 4. The van der Waals surface area contributed by atoms with Gasteiger partial charge in [-0.1, -0.05) is 12.1 Å². The van der Waals surface area contributed by atoms with Crippen molar-refractivity contribution in [3.8, 4) is 5.75 Å². The van der Waals surface area contributed by atoms with Gasteiger partial charge in [-0.25, -0.2) is 5.43 Å². The lowest BCUT2D eigenvalue weighted by Crippen LogP contribution is -2.20. The lowest BCUT2D eigenvalue weighted by molar-refractivity contribution is -0.123. The molecule has 0 radical (unpaired) electrons. The molecule has 5 nitrogen and oxygen atoms in total. The summed E-state index contributed by atoms with van der Waals surface area (Å²) >= 11 is 0. The predicted octanol–water partition coefficient (Wildman–Crippen LogP) is 0.138. The van der Waals surface area contributed by atoms with Crippen LogP contribution in [0, 0.1) is 0 Å². The summed E-state index contributed by atoms with van der Waals surface area (Å²) in [6.07, 6.45) is 1.45. The van der Waals surface area contributed by atoms with Crippen LogP contribution in [-0.4, -0.2) is 30.9 Å². The first-order chi connectivity index (χ1) is 7.27. The van der Waals surface area contributed by atoms with Gasteiger partial charge in [0.1, 0.15) is 12.4 Å². The minimum absolute atomic E-state index is 0.554. The molecule has 0 heterocycles. The lowest BCUT2D eigenvalue weighted by Gasteiger charge is -2.02. The Balaban J connectivity index is 2.67. The molecule has 1 amide bonds. The fourth-order valence-electron chi connectivity index (χ4n) is 0.982. The summed E-state index contributed by atoms with van der Waals surface area (Å²) in [4.78, 5) is 10.7. The molecular formula is C10H12N2O3. The molecule has 0 saturated heterocycles. The molecule has 1 aromatic carbocycles. The summed E-state index contributed by atoms with van der Waals surface area (Å²) in [7, 11) is 1.55. The highest BCUT2D eigenvalue weighted by Gasteiger charge is 1.98. The average molecular weight is 208 g/mol. The number of methoxy groups -OCH3 is 1. The molecule has 2 N–H and O–H groups in total. The van der Waals surface area contributed by atoms with Crippen molar-refractivity contribution in [3.63, 3.8) is 0 Å². The van der Waals surface area contributed by atoms with Gasteiger partial charge >= 0.3 is 0 Å². The van der Waals surface area contributed by atoms with E-state index in [4.69, 9.17) is 9.84 Å². The van der Waals surface area contributed by atoms with E-state index in [0.717, 1.165) is 5.56 Å². The third kappa shape index (κ3) is 3.40. The highest BCUT2D eigenvalue weighted by atomic mass is 16.5. The standard InChI is InChI=1S/C10H12N2O3/c1-15-9-5-3-2-4-8(9)6-11-12-10(14)7-13/h2-6,13H,7H2,1H3,(H,12,14). The molecule has 0 aromatic heterocycles. The molecule has 15 heavy (non-hydrogen) atoms. The smallest absolute Gasteiger partial charge is 0.265 e. The van der Waals surface area contributed by atoms with Gasteiger partial charge in [-0.15, -0.1) is 0 Å². The maximum absolute atomic E-state index is 10.7. The number of nitrogens with one attached hydrogen (secondary N) is 1. The highest BCUT2D eigenvalue weighted by Crippen LogP contribution is 2.14. The molecule has 1 aromatic rings. The van der Waals surface area contributed by atoms with E-state index in [-0.39, 0.29) is 0 Å². The Morgan fingerprint density at radius 3 is 3.00 bits per heavy atom. The number of ether oxygens (including phenoxy) is 1. The zero-order valence-corrected chi connectivity index (χ0v) is 8.30. The zero-order chi connectivity index (χ0) is 11.1. The van der Waals surface area contributed by atoms with E-state index in [1.165, 1.54) is 6.21 Å². The first-order valence-electron chi connectivity index (χ1n) is 4.33. The molecule has 5 heteroatoms. The first-order valence-corrected chi connectivity index (χ1v) is 4.33.